The van der Waals surface area contributed by atoms with E-state index in [1.807, 2.05) is 13.0 Å². The predicted molar refractivity (Wildman–Crippen MR) is 82.2 cm³/mol. The lowest BCUT2D eigenvalue weighted by atomic mass is 9.38. The summed E-state index contributed by atoms with van der Waals surface area (Å²) in [6, 6.07) is 0. The molecule has 3 rings (SSSR count). The fourth-order valence-corrected chi connectivity index (χ4v) is 4.69. The number of hydrogen-bond donors (Lipinski definition) is 0. The van der Waals surface area contributed by atoms with Gasteiger partial charge in [-0.15, -0.1) is 6.58 Å². The number of hydrogen-bond acceptors (Lipinski definition) is 2. The van der Waals surface area contributed by atoms with Crippen molar-refractivity contribution in [3.8, 4) is 0 Å². The molecule has 110 valence electrons. The number of carbonyl (C=O) groups is 1. The first-order valence-corrected chi connectivity index (χ1v) is 7.28. The topological polar surface area (TPSA) is 26.3 Å². The molecule has 2 bridgehead atoms. The van der Waals surface area contributed by atoms with Gasteiger partial charge in [0.15, 0.2) is 5.78 Å². The Labute approximate surface area is 122 Å². The lowest BCUT2D eigenvalue weighted by Gasteiger charge is -2.63. The van der Waals surface area contributed by atoms with Crippen molar-refractivity contribution in [3.05, 3.63) is 36.6 Å². The molecule has 0 aromatic heterocycles. The SMILES string of the molecule is C=CC1(/C(C)=C\OC)C(=O)C2CCC1(C)C(=C)C2(C)C. The number of methoxy groups -OCH3 is 1. The van der Waals surface area contributed by atoms with Gasteiger partial charge in [-0.25, -0.2) is 0 Å². The van der Waals surface area contributed by atoms with Crippen LogP contribution in [0.1, 0.15) is 40.5 Å². The van der Waals surface area contributed by atoms with Crippen molar-refractivity contribution in [1.82, 2.24) is 0 Å². The normalized spacial score (nSPS) is 39.9. The van der Waals surface area contributed by atoms with Gasteiger partial charge >= 0.3 is 0 Å². The second-order valence-electron chi connectivity index (χ2n) is 7.04. The fraction of sp³-hybridized carbons (Fsp3) is 0.611. The average molecular weight is 274 g/mol. The molecule has 0 spiro atoms. The summed E-state index contributed by atoms with van der Waals surface area (Å²) in [7, 11) is 1.62. The van der Waals surface area contributed by atoms with Crippen molar-refractivity contribution >= 4 is 5.78 Å². The van der Waals surface area contributed by atoms with Gasteiger partial charge in [-0.3, -0.25) is 4.79 Å². The van der Waals surface area contributed by atoms with E-state index in [-0.39, 0.29) is 22.5 Å². The first-order chi connectivity index (χ1) is 9.20. The average Bonchev–Trinajstić information content (AvgIpc) is 2.37. The summed E-state index contributed by atoms with van der Waals surface area (Å²) in [4.78, 5) is 13.2. The van der Waals surface area contributed by atoms with Crippen LogP contribution in [0.4, 0.5) is 0 Å². The number of allylic oxidation sites excluding steroid dienone is 3. The Balaban J connectivity index is 2.72. The van der Waals surface area contributed by atoms with E-state index < -0.39 is 5.41 Å². The van der Waals surface area contributed by atoms with E-state index in [1.54, 1.807) is 13.4 Å². The van der Waals surface area contributed by atoms with Gasteiger partial charge in [0.25, 0.3) is 0 Å². The smallest absolute Gasteiger partial charge is 0.151 e. The molecule has 20 heavy (non-hydrogen) atoms. The summed E-state index contributed by atoms with van der Waals surface area (Å²) in [5.74, 6) is 0.305. The highest BCUT2D eigenvalue weighted by Gasteiger charge is 2.67. The van der Waals surface area contributed by atoms with Crippen molar-refractivity contribution in [2.45, 2.75) is 40.5 Å². The maximum atomic E-state index is 13.2. The summed E-state index contributed by atoms with van der Waals surface area (Å²) in [6.45, 7) is 16.8. The lowest BCUT2D eigenvalue weighted by molar-refractivity contribution is -0.149. The van der Waals surface area contributed by atoms with Crippen molar-refractivity contribution in [2.24, 2.45) is 22.2 Å². The molecule has 2 heteroatoms. The second kappa shape index (κ2) is 4.34. The fourth-order valence-electron chi connectivity index (χ4n) is 4.69. The first-order valence-electron chi connectivity index (χ1n) is 7.28. The molecule has 0 amide bonds. The minimum Gasteiger partial charge on any atom is -0.504 e. The molecule has 3 fully saturated rings. The summed E-state index contributed by atoms with van der Waals surface area (Å²) in [5, 5.41) is 0. The monoisotopic (exact) mass is 274 g/mol. The van der Waals surface area contributed by atoms with E-state index in [9.17, 15) is 4.79 Å². The lowest BCUT2D eigenvalue weighted by Crippen LogP contribution is -2.63. The van der Waals surface area contributed by atoms with Gasteiger partial charge in [0.2, 0.25) is 0 Å². The second-order valence-corrected chi connectivity index (χ2v) is 7.04. The van der Waals surface area contributed by atoms with Crippen LogP contribution in [0, 0.1) is 22.2 Å². The van der Waals surface area contributed by atoms with E-state index in [0.717, 1.165) is 18.4 Å². The highest BCUT2D eigenvalue weighted by atomic mass is 16.5. The minimum absolute atomic E-state index is 0.0232. The molecule has 0 saturated heterocycles. The van der Waals surface area contributed by atoms with Gasteiger partial charge in [0.1, 0.15) is 0 Å². The number of ether oxygens (including phenoxy) is 1. The van der Waals surface area contributed by atoms with Gasteiger partial charge in [0, 0.05) is 11.3 Å². The Morgan fingerprint density at radius 3 is 2.50 bits per heavy atom. The Morgan fingerprint density at radius 2 is 2.00 bits per heavy atom. The van der Waals surface area contributed by atoms with Gasteiger partial charge in [-0.1, -0.05) is 39.0 Å². The first kappa shape index (κ1) is 15.1. The molecule has 3 aliphatic carbocycles. The van der Waals surface area contributed by atoms with Gasteiger partial charge < -0.3 is 4.74 Å². The third-order valence-electron chi connectivity index (χ3n) is 6.05. The third kappa shape index (κ3) is 1.43. The Hall–Kier alpha value is -1.31. The molecule has 0 aliphatic heterocycles. The van der Waals surface area contributed by atoms with E-state index in [0.29, 0.717) is 0 Å². The molecule has 3 atom stereocenters. The summed E-state index contributed by atoms with van der Waals surface area (Å²) in [5.41, 5.74) is 1.03. The molecule has 3 unspecified atom stereocenters. The predicted octanol–water partition coefficient (Wildman–Crippen LogP) is 4.29. The van der Waals surface area contributed by atoms with Gasteiger partial charge in [0.05, 0.1) is 18.8 Å². The molecule has 0 aromatic carbocycles. The van der Waals surface area contributed by atoms with Crippen LogP contribution in [0.5, 0.6) is 0 Å². The van der Waals surface area contributed by atoms with Crippen LogP contribution in [0.3, 0.4) is 0 Å². The Morgan fingerprint density at radius 1 is 1.40 bits per heavy atom. The van der Waals surface area contributed by atoms with E-state index in [2.05, 4.69) is 33.9 Å². The Bertz CT molecular complexity index is 512. The van der Waals surface area contributed by atoms with Crippen molar-refractivity contribution < 1.29 is 9.53 Å². The van der Waals surface area contributed by atoms with Gasteiger partial charge in [-0.05, 0) is 30.8 Å². The zero-order chi connectivity index (χ0) is 15.3. The van der Waals surface area contributed by atoms with Crippen LogP contribution in [0.2, 0.25) is 0 Å². The highest BCUT2D eigenvalue weighted by Crippen LogP contribution is 2.69. The van der Waals surface area contributed by atoms with E-state index in [1.165, 1.54) is 5.57 Å². The van der Waals surface area contributed by atoms with E-state index in [4.69, 9.17) is 4.74 Å². The number of ketones is 1. The molecule has 2 nitrogen and oxygen atoms in total. The summed E-state index contributed by atoms with van der Waals surface area (Å²) in [6.07, 6.45) is 5.43. The number of rotatable bonds is 3. The molecule has 3 saturated carbocycles. The van der Waals surface area contributed by atoms with Crippen LogP contribution >= 0.6 is 0 Å². The largest absolute Gasteiger partial charge is 0.504 e. The summed E-state index contributed by atoms with van der Waals surface area (Å²) >= 11 is 0. The zero-order valence-corrected chi connectivity index (χ0v) is 13.4. The zero-order valence-electron chi connectivity index (χ0n) is 13.4. The van der Waals surface area contributed by atoms with Crippen LogP contribution in [0.15, 0.2) is 36.6 Å². The molecule has 0 N–H and O–H groups in total. The van der Waals surface area contributed by atoms with Crippen LogP contribution in [-0.4, -0.2) is 12.9 Å². The quantitative estimate of drug-likeness (QED) is 0.567. The molecule has 0 heterocycles. The maximum Gasteiger partial charge on any atom is 0.151 e. The van der Waals surface area contributed by atoms with Crippen molar-refractivity contribution in [2.75, 3.05) is 7.11 Å². The number of carbonyl (C=O) groups excluding carboxylic acids is 1. The number of fused-ring (bicyclic) bond motifs is 3. The standard InChI is InChI=1S/C18H26O2/c1-8-18(12(2)11-20-7)15(19)14-9-10-17(18,6)13(3)16(14,4)5/h8,11,14H,1,3,9-10H2,2,4-7H3/b12-11-. The van der Waals surface area contributed by atoms with Crippen LogP contribution < -0.4 is 0 Å². The Kier molecular flexibility index (Phi) is 3.27. The molecule has 0 radical (unpaired) electrons. The minimum atomic E-state index is -0.668. The van der Waals surface area contributed by atoms with E-state index >= 15 is 0 Å². The van der Waals surface area contributed by atoms with Crippen LogP contribution in [0.25, 0.3) is 0 Å². The highest BCUT2D eigenvalue weighted by molar-refractivity contribution is 5.96. The third-order valence-corrected chi connectivity index (χ3v) is 6.05. The molecular weight excluding hydrogens is 248 g/mol. The maximum absolute atomic E-state index is 13.2. The van der Waals surface area contributed by atoms with Gasteiger partial charge in [-0.2, -0.15) is 0 Å². The number of Topliss-reactive ketones (excluding diaryl/α,β-unsaturated/α-hetero) is 1. The summed E-state index contributed by atoms with van der Waals surface area (Å²) < 4.78 is 5.18. The van der Waals surface area contributed by atoms with Crippen LogP contribution in [-0.2, 0) is 9.53 Å². The molecule has 0 aromatic rings. The molecule has 3 aliphatic rings. The molecular formula is C18H26O2. The van der Waals surface area contributed by atoms with Crippen molar-refractivity contribution in [1.29, 1.82) is 0 Å². The van der Waals surface area contributed by atoms with Crippen molar-refractivity contribution in [3.63, 3.8) is 0 Å².